The summed E-state index contributed by atoms with van der Waals surface area (Å²) in [7, 11) is -3.42. The standard InChI is InChI=1S/C11H17NO3S2/c1-8-5-12(6-9(8)2)17(14,15)11-3-4-16-10(11)7-13/h3-4,8-9,13H,5-7H2,1-2H3. The van der Waals surface area contributed by atoms with Gasteiger partial charge in [0.25, 0.3) is 0 Å². The Kier molecular flexibility index (Phi) is 3.58. The van der Waals surface area contributed by atoms with Gasteiger partial charge in [-0.1, -0.05) is 13.8 Å². The SMILES string of the molecule is CC1CN(S(=O)(=O)c2ccsc2CO)CC1C. The maximum atomic E-state index is 12.4. The number of hydrogen-bond acceptors (Lipinski definition) is 4. The van der Waals surface area contributed by atoms with Gasteiger partial charge < -0.3 is 5.11 Å². The summed E-state index contributed by atoms with van der Waals surface area (Å²) in [5, 5.41) is 10.9. The molecule has 0 aliphatic carbocycles. The van der Waals surface area contributed by atoms with Crippen LogP contribution >= 0.6 is 11.3 Å². The van der Waals surface area contributed by atoms with Gasteiger partial charge in [0.1, 0.15) is 0 Å². The lowest BCUT2D eigenvalue weighted by Gasteiger charge is -2.16. The molecule has 1 aromatic heterocycles. The van der Waals surface area contributed by atoms with Gasteiger partial charge in [0, 0.05) is 18.0 Å². The van der Waals surface area contributed by atoms with E-state index in [9.17, 15) is 8.42 Å². The minimum absolute atomic E-state index is 0.217. The van der Waals surface area contributed by atoms with Crippen LogP contribution in [0.5, 0.6) is 0 Å². The van der Waals surface area contributed by atoms with Crippen molar-refractivity contribution in [3.05, 3.63) is 16.3 Å². The molecule has 0 amide bonds. The number of aliphatic hydroxyl groups is 1. The van der Waals surface area contributed by atoms with Crippen LogP contribution in [-0.4, -0.2) is 30.9 Å². The molecule has 96 valence electrons. The van der Waals surface area contributed by atoms with Crippen molar-refractivity contribution in [2.75, 3.05) is 13.1 Å². The van der Waals surface area contributed by atoms with Crippen LogP contribution in [0.15, 0.2) is 16.3 Å². The zero-order valence-corrected chi connectivity index (χ0v) is 11.6. The summed E-state index contributed by atoms with van der Waals surface area (Å²) >= 11 is 1.28. The number of aliphatic hydroxyl groups excluding tert-OH is 1. The van der Waals surface area contributed by atoms with Gasteiger partial charge in [0.05, 0.1) is 11.5 Å². The van der Waals surface area contributed by atoms with Crippen molar-refractivity contribution in [1.82, 2.24) is 4.31 Å². The van der Waals surface area contributed by atoms with Crippen molar-refractivity contribution in [2.45, 2.75) is 25.3 Å². The lowest BCUT2D eigenvalue weighted by molar-refractivity contribution is 0.282. The Bertz CT molecular complexity index is 485. The lowest BCUT2D eigenvalue weighted by atomic mass is 10.0. The summed E-state index contributed by atoms with van der Waals surface area (Å²) in [4.78, 5) is 0.795. The Morgan fingerprint density at radius 1 is 1.41 bits per heavy atom. The fraction of sp³-hybridized carbons (Fsp3) is 0.636. The Hall–Kier alpha value is -0.430. The maximum Gasteiger partial charge on any atom is 0.244 e. The predicted molar refractivity (Wildman–Crippen MR) is 67.3 cm³/mol. The summed E-state index contributed by atoms with van der Waals surface area (Å²) in [6.45, 7) is 5.07. The molecule has 0 bridgehead atoms. The Morgan fingerprint density at radius 2 is 2.00 bits per heavy atom. The third kappa shape index (κ3) is 2.27. The zero-order valence-electron chi connectivity index (χ0n) is 9.96. The number of rotatable bonds is 3. The summed E-state index contributed by atoms with van der Waals surface area (Å²) in [6.07, 6.45) is 0. The first-order chi connectivity index (χ1) is 7.96. The smallest absolute Gasteiger partial charge is 0.244 e. The van der Waals surface area contributed by atoms with Crippen LogP contribution in [0, 0.1) is 11.8 Å². The summed E-state index contributed by atoms with van der Waals surface area (Å²) in [6, 6.07) is 1.58. The van der Waals surface area contributed by atoms with Crippen molar-refractivity contribution < 1.29 is 13.5 Å². The molecule has 6 heteroatoms. The van der Waals surface area contributed by atoms with Gasteiger partial charge in [0.2, 0.25) is 10.0 Å². The minimum Gasteiger partial charge on any atom is -0.391 e. The molecule has 1 aliphatic heterocycles. The van der Waals surface area contributed by atoms with Gasteiger partial charge in [-0.3, -0.25) is 0 Å². The largest absolute Gasteiger partial charge is 0.391 e. The van der Waals surface area contributed by atoms with E-state index in [1.165, 1.54) is 15.6 Å². The van der Waals surface area contributed by atoms with Crippen LogP contribution in [0.3, 0.4) is 0 Å². The van der Waals surface area contributed by atoms with E-state index in [2.05, 4.69) is 13.8 Å². The Labute approximate surface area is 106 Å². The number of thiophene rings is 1. The van der Waals surface area contributed by atoms with Crippen LogP contribution in [0.4, 0.5) is 0 Å². The van der Waals surface area contributed by atoms with E-state index in [-0.39, 0.29) is 11.5 Å². The van der Waals surface area contributed by atoms with Gasteiger partial charge in [-0.25, -0.2) is 8.42 Å². The molecule has 2 atom stereocenters. The molecule has 0 aromatic carbocycles. The first-order valence-electron chi connectivity index (χ1n) is 5.64. The molecule has 0 spiro atoms. The first kappa shape index (κ1) is 13.0. The summed E-state index contributed by atoms with van der Waals surface area (Å²) in [5.41, 5.74) is 0. The van der Waals surface area contributed by atoms with Crippen LogP contribution in [0.25, 0.3) is 0 Å². The Morgan fingerprint density at radius 3 is 2.53 bits per heavy atom. The Balaban J connectivity index is 2.32. The van der Waals surface area contributed by atoms with Crippen LogP contribution in [0.2, 0.25) is 0 Å². The molecule has 2 unspecified atom stereocenters. The van der Waals surface area contributed by atoms with Crippen molar-refractivity contribution >= 4 is 21.4 Å². The second-order valence-electron chi connectivity index (χ2n) is 4.64. The predicted octanol–water partition coefficient (Wildman–Crippen LogP) is 1.52. The molecule has 1 aliphatic rings. The molecular weight excluding hydrogens is 258 g/mol. The summed E-state index contributed by atoms with van der Waals surface area (Å²) < 4.78 is 26.3. The molecule has 1 fully saturated rings. The van der Waals surface area contributed by atoms with Gasteiger partial charge in [-0.15, -0.1) is 11.3 Å². The van der Waals surface area contributed by atoms with Crippen LogP contribution < -0.4 is 0 Å². The van der Waals surface area contributed by atoms with Gasteiger partial charge >= 0.3 is 0 Å². The van der Waals surface area contributed by atoms with E-state index < -0.39 is 10.0 Å². The normalized spacial score (nSPS) is 26.5. The van der Waals surface area contributed by atoms with Gasteiger partial charge in [-0.2, -0.15) is 4.31 Å². The first-order valence-corrected chi connectivity index (χ1v) is 7.96. The monoisotopic (exact) mass is 275 g/mol. The minimum atomic E-state index is -3.42. The average molecular weight is 275 g/mol. The molecule has 2 heterocycles. The second kappa shape index (κ2) is 4.68. The van der Waals surface area contributed by atoms with E-state index in [1.54, 1.807) is 11.4 Å². The third-order valence-corrected chi connectivity index (χ3v) is 6.37. The number of hydrogen-bond donors (Lipinski definition) is 1. The topological polar surface area (TPSA) is 57.6 Å². The molecule has 0 saturated carbocycles. The summed E-state index contributed by atoms with van der Waals surface area (Å²) in [5.74, 6) is 0.780. The highest BCUT2D eigenvalue weighted by Gasteiger charge is 2.36. The molecular formula is C11H17NO3S2. The third-order valence-electron chi connectivity index (χ3n) is 3.42. The molecule has 0 radical (unpaired) electrons. The van der Waals surface area contributed by atoms with E-state index in [0.29, 0.717) is 29.8 Å². The average Bonchev–Trinajstić information content (AvgIpc) is 2.86. The molecule has 17 heavy (non-hydrogen) atoms. The van der Waals surface area contributed by atoms with E-state index in [4.69, 9.17) is 5.11 Å². The van der Waals surface area contributed by atoms with Crippen molar-refractivity contribution in [2.24, 2.45) is 11.8 Å². The molecule has 4 nitrogen and oxygen atoms in total. The fourth-order valence-electron chi connectivity index (χ4n) is 2.09. The van der Waals surface area contributed by atoms with Gasteiger partial charge in [0.15, 0.2) is 0 Å². The van der Waals surface area contributed by atoms with Crippen molar-refractivity contribution in [1.29, 1.82) is 0 Å². The van der Waals surface area contributed by atoms with Crippen LogP contribution in [-0.2, 0) is 16.6 Å². The van der Waals surface area contributed by atoms with Crippen LogP contribution in [0.1, 0.15) is 18.7 Å². The zero-order chi connectivity index (χ0) is 12.6. The quantitative estimate of drug-likeness (QED) is 0.910. The molecule has 1 N–H and O–H groups in total. The fourth-order valence-corrected chi connectivity index (χ4v) is 4.99. The molecule has 1 saturated heterocycles. The van der Waals surface area contributed by atoms with Crippen molar-refractivity contribution in [3.8, 4) is 0 Å². The van der Waals surface area contributed by atoms with E-state index in [1.807, 2.05) is 0 Å². The maximum absolute atomic E-state index is 12.4. The number of sulfonamides is 1. The highest BCUT2D eigenvalue weighted by molar-refractivity contribution is 7.89. The van der Waals surface area contributed by atoms with Gasteiger partial charge in [-0.05, 0) is 23.3 Å². The molecule has 1 aromatic rings. The lowest BCUT2D eigenvalue weighted by Crippen LogP contribution is -2.29. The van der Waals surface area contributed by atoms with E-state index >= 15 is 0 Å². The van der Waals surface area contributed by atoms with E-state index in [0.717, 1.165) is 0 Å². The van der Waals surface area contributed by atoms with Crippen molar-refractivity contribution in [3.63, 3.8) is 0 Å². The molecule has 2 rings (SSSR count). The number of nitrogens with zero attached hydrogens (tertiary/aromatic N) is 1. The highest BCUT2D eigenvalue weighted by atomic mass is 32.2. The second-order valence-corrected chi connectivity index (χ2v) is 7.55. The highest BCUT2D eigenvalue weighted by Crippen LogP contribution is 2.31.